The van der Waals surface area contributed by atoms with Crippen LogP contribution in [0.5, 0.6) is 0 Å². The van der Waals surface area contributed by atoms with Crippen molar-refractivity contribution < 1.29 is 9.90 Å². The molecule has 1 aliphatic rings. The lowest BCUT2D eigenvalue weighted by Gasteiger charge is -2.22. The average molecular weight is 241 g/mol. The molecular formula is C14H27NO2. The number of carbonyl (C=O) groups excluding carboxylic acids is 1. The molecule has 0 aromatic carbocycles. The Balaban J connectivity index is 2.44. The predicted molar refractivity (Wildman–Crippen MR) is 69.7 cm³/mol. The molecule has 100 valence electrons. The first-order valence-electron chi connectivity index (χ1n) is 7.14. The molecule has 2 atom stereocenters. The summed E-state index contributed by atoms with van der Waals surface area (Å²) in [6.45, 7) is 4.46. The number of rotatable bonds is 7. The number of aliphatic hydroxyl groups excluding tert-OH is 1. The van der Waals surface area contributed by atoms with Gasteiger partial charge in [0.15, 0.2) is 0 Å². The highest BCUT2D eigenvalue weighted by Gasteiger charge is 2.29. The molecule has 0 heterocycles. The van der Waals surface area contributed by atoms with Gasteiger partial charge in [-0.2, -0.15) is 0 Å². The number of hydrogen-bond acceptors (Lipinski definition) is 2. The largest absolute Gasteiger partial charge is 0.396 e. The maximum absolute atomic E-state index is 12.1. The van der Waals surface area contributed by atoms with Crippen molar-refractivity contribution in [3.63, 3.8) is 0 Å². The Morgan fingerprint density at radius 3 is 2.47 bits per heavy atom. The Labute approximate surface area is 105 Å². The van der Waals surface area contributed by atoms with Gasteiger partial charge in [0.1, 0.15) is 0 Å². The number of nitrogens with one attached hydrogen (secondary N) is 1. The van der Waals surface area contributed by atoms with E-state index in [-0.39, 0.29) is 30.4 Å². The van der Waals surface area contributed by atoms with Crippen LogP contribution in [0.15, 0.2) is 0 Å². The molecule has 3 heteroatoms. The van der Waals surface area contributed by atoms with Gasteiger partial charge >= 0.3 is 0 Å². The van der Waals surface area contributed by atoms with Crippen LogP contribution in [0, 0.1) is 11.8 Å². The first-order chi connectivity index (χ1) is 8.22. The average Bonchev–Trinajstić information content (AvgIpc) is 2.76. The van der Waals surface area contributed by atoms with Crippen LogP contribution >= 0.6 is 0 Å². The summed E-state index contributed by atoms with van der Waals surface area (Å²) in [5.74, 6) is 0.659. The highest BCUT2D eigenvalue weighted by atomic mass is 16.3. The summed E-state index contributed by atoms with van der Waals surface area (Å²) in [5.41, 5.74) is 0. The highest BCUT2D eigenvalue weighted by Crippen LogP contribution is 2.26. The van der Waals surface area contributed by atoms with E-state index in [0.717, 1.165) is 44.9 Å². The maximum atomic E-state index is 12.1. The molecule has 0 bridgehead atoms. The first kappa shape index (κ1) is 14.5. The minimum Gasteiger partial charge on any atom is -0.396 e. The number of hydrogen-bond donors (Lipinski definition) is 2. The molecular weight excluding hydrogens is 214 g/mol. The molecule has 0 radical (unpaired) electrons. The van der Waals surface area contributed by atoms with Crippen molar-refractivity contribution in [2.45, 2.75) is 64.8 Å². The van der Waals surface area contributed by atoms with Crippen LogP contribution < -0.4 is 5.32 Å². The van der Waals surface area contributed by atoms with Crippen molar-refractivity contribution in [2.24, 2.45) is 11.8 Å². The zero-order valence-electron chi connectivity index (χ0n) is 11.2. The van der Waals surface area contributed by atoms with Gasteiger partial charge in [-0.1, -0.05) is 33.1 Å². The Kier molecular flexibility index (Phi) is 6.56. The molecule has 0 saturated heterocycles. The maximum Gasteiger partial charge on any atom is 0.223 e. The third-order valence-electron chi connectivity index (χ3n) is 3.87. The molecule has 2 N–H and O–H groups in total. The lowest BCUT2D eigenvalue weighted by Crippen LogP contribution is -2.41. The molecule has 2 unspecified atom stereocenters. The van der Waals surface area contributed by atoms with Crippen LogP contribution in [0.2, 0.25) is 0 Å². The lowest BCUT2D eigenvalue weighted by atomic mass is 9.96. The summed E-state index contributed by atoms with van der Waals surface area (Å²) >= 11 is 0. The van der Waals surface area contributed by atoms with Gasteiger partial charge < -0.3 is 10.4 Å². The van der Waals surface area contributed by atoms with E-state index in [4.69, 9.17) is 0 Å². The number of aliphatic hydroxyl groups is 1. The summed E-state index contributed by atoms with van der Waals surface area (Å²) in [4.78, 5) is 12.1. The van der Waals surface area contributed by atoms with Crippen LogP contribution in [-0.4, -0.2) is 23.7 Å². The van der Waals surface area contributed by atoms with Crippen LogP contribution in [0.3, 0.4) is 0 Å². The van der Waals surface area contributed by atoms with Crippen molar-refractivity contribution in [3.05, 3.63) is 0 Å². The monoisotopic (exact) mass is 241 g/mol. The Morgan fingerprint density at radius 2 is 1.94 bits per heavy atom. The zero-order valence-corrected chi connectivity index (χ0v) is 11.2. The van der Waals surface area contributed by atoms with Gasteiger partial charge in [-0.15, -0.1) is 0 Å². The van der Waals surface area contributed by atoms with E-state index in [9.17, 15) is 9.90 Å². The molecule has 1 rings (SSSR count). The van der Waals surface area contributed by atoms with Gasteiger partial charge in [-0.3, -0.25) is 4.79 Å². The van der Waals surface area contributed by atoms with Crippen molar-refractivity contribution in [2.75, 3.05) is 6.61 Å². The molecule has 17 heavy (non-hydrogen) atoms. The quantitative estimate of drug-likeness (QED) is 0.719. The summed E-state index contributed by atoms with van der Waals surface area (Å²) in [6, 6.07) is 0.212. The molecule has 1 saturated carbocycles. The molecule has 1 fully saturated rings. The van der Waals surface area contributed by atoms with Gasteiger partial charge in [0, 0.05) is 24.5 Å². The fourth-order valence-electron chi connectivity index (χ4n) is 2.85. The SMILES string of the molecule is CCCC(CCC)C(=O)NC1CCCC1CO. The second kappa shape index (κ2) is 7.70. The first-order valence-corrected chi connectivity index (χ1v) is 7.14. The van der Waals surface area contributed by atoms with Crippen LogP contribution in [0.4, 0.5) is 0 Å². The van der Waals surface area contributed by atoms with E-state index in [1.807, 2.05) is 0 Å². The van der Waals surface area contributed by atoms with Crippen molar-refractivity contribution in [1.29, 1.82) is 0 Å². The van der Waals surface area contributed by atoms with Gasteiger partial charge in [-0.25, -0.2) is 0 Å². The smallest absolute Gasteiger partial charge is 0.223 e. The molecule has 0 aromatic rings. The molecule has 1 amide bonds. The molecule has 0 spiro atoms. The Morgan fingerprint density at radius 1 is 1.29 bits per heavy atom. The number of amides is 1. The zero-order chi connectivity index (χ0) is 12.7. The van der Waals surface area contributed by atoms with Crippen LogP contribution in [0.1, 0.15) is 58.8 Å². The van der Waals surface area contributed by atoms with Gasteiger partial charge in [0.2, 0.25) is 5.91 Å². The van der Waals surface area contributed by atoms with E-state index < -0.39 is 0 Å². The van der Waals surface area contributed by atoms with E-state index in [1.165, 1.54) is 0 Å². The van der Waals surface area contributed by atoms with E-state index >= 15 is 0 Å². The minimum absolute atomic E-state index is 0.171. The highest BCUT2D eigenvalue weighted by molar-refractivity contribution is 5.78. The van der Waals surface area contributed by atoms with E-state index in [2.05, 4.69) is 19.2 Å². The van der Waals surface area contributed by atoms with Gasteiger partial charge in [-0.05, 0) is 25.7 Å². The summed E-state index contributed by atoms with van der Waals surface area (Å²) < 4.78 is 0. The fraction of sp³-hybridized carbons (Fsp3) is 0.929. The van der Waals surface area contributed by atoms with Crippen LogP contribution in [0.25, 0.3) is 0 Å². The molecule has 1 aliphatic carbocycles. The fourth-order valence-corrected chi connectivity index (χ4v) is 2.85. The standard InChI is InChI=1S/C14H27NO2/c1-3-6-11(7-4-2)14(17)15-13-9-5-8-12(13)10-16/h11-13,16H,3-10H2,1-2H3,(H,15,17). The summed E-state index contributed by atoms with van der Waals surface area (Å²) in [7, 11) is 0. The second-order valence-corrected chi connectivity index (χ2v) is 5.26. The lowest BCUT2D eigenvalue weighted by molar-refractivity contribution is -0.126. The van der Waals surface area contributed by atoms with Crippen molar-refractivity contribution >= 4 is 5.91 Å². The predicted octanol–water partition coefficient (Wildman–Crippen LogP) is 2.48. The Hall–Kier alpha value is -0.570. The van der Waals surface area contributed by atoms with E-state index in [0.29, 0.717) is 0 Å². The van der Waals surface area contributed by atoms with Gasteiger partial charge in [0.05, 0.1) is 0 Å². The third kappa shape index (κ3) is 4.30. The van der Waals surface area contributed by atoms with Crippen LogP contribution in [-0.2, 0) is 4.79 Å². The van der Waals surface area contributed by atoms with Crippen molar-refractivity contribution in [1.82, 2.24) is 5.32 Å². The normalized spacial score (nSPS) is 24.2. The second-order valence-electron chi connectivity index (χ2n) is 5.26. The van der Waals surface area contributed by atoms with Crippen molar-refractivity contribution in [3.8, 4) is 0 Å². The molecule has 0 aliphatic heterocycles. The summed E-state index contributed by atoms with van der Waals surface area (Å²) in [6.07, 6.45) is 7.29. The minimum atomic E-state index is 0.171. The molecule has 0 aromatic heterocycles. The van der Waals surface area contributed by atoms with Gasteiger partial charge in [0.25, 0.3) is 0 Å². The number of carbonyl (C=O) groups is 1. The topological polar surface area (TPSA) is 49.3 Å². The van der Waals surface area contributed by atoms with E-state index in [1.54, 1.807) is 0 Å². The summed E-state index contributed by atoms with van der Waals surface area (Å²) in [5, 5.41) is 12.4. The Bertz CT molecular complexity index is 224. The third-order valence-corrected chi connectivity index (χ3v) is 3.87. The molecule has 3 nitrogen and oxygen atoms in total.